The van der Waals surface area contributed by atoms with Gasteiger partial charge in [0.25, 0.3) is 0 Å². The van der Waals surface area contributed by atoms with Gasteiger partial charge in [-0.3, -0.25) is 0 Å². The molecule has 0 spiro atoms. The molecule has 1 heterocycles. The van der Waals surface area contributed by atoms with Crippen molar-refractivity contribution in [2.45, 2.75) is 25.3 Å². The smallest absolute Gasteiger partial charge is 0.111 e. The zero-order valence-corrected chi connectivity index (χ0v) is 13.5. The zero-order valence-electron chi connectivity index (χ0n) is 13.5. The Bertz CT molecular complexity index is 676. The molecule has 0 bridgehead atoms. The van der Waals surface area contributed by atoms with Crippen LogP contribution < -0.4 is 5.32 Å². The first-order valence-electron chi connectivity index (χ1n) is 8.21. The highest BCUT2D eigenvalue weighted by Gasteiger charge is 2.16. The van der Waals surface area contributed by atoms with Crippen molar-refractivity contribution in [1.82, 2.24) is 5.32 Å². The number of furan rings is 1. The van der Waals surface area contributed by atoms with Crippen molar-refractivity contribution in [3.8, 4) is 0 Å². The Morgan fingerprint density at radius 2 is 1.48 bits per heavy atom. The summed E-state index contributed by atoms with van der Waals surface area (Å²) in [5.41, 5.74) is 2.62. The van der Waals surface area contributed by atoms with Crippen LogP contribution in [0.5, 0.6) is 0 Å². The molecule has 0 saturated carbocycles. The molecule has 118 valence electrons. The van der Waals surface area contributed by atoms with Gasteiger partial charge in [0.05, 0.1) is 6.26 Å². The lowest BCUT2D eigenvalue weighted by molar-refractivity contribution is 0.457. The van der Waals surface area contributed by atoms with Gasteiger partial charge in [-0.15, -0.1) is 0 Å². The van der Waals surface area contributed by atoms with Crippen molar-refractivity contribution in [3.63, 3.8) is 0 Å². The SMILES string of the molecule is C[C@H](NCC[C@@H](c1ccccc1)c1ccco1)c1ccccc1. The predicted octanol–water partition coefficient (Wildman–Crippen LogP) is 5.15. The van der Waals surface area contributed by atoms with Crippen molar-refractivity contribution in [2.75, 3.05) is 6.54 Å². The molecule has 1 aromatic heterocycles. The quantitative estimate of drug-likeness (QED) is 0.653. The Labute approximate surface area is 138 Å². The van der Waals surface area contributed by atoms with E-state index in [0.717, 1.165) is 18.7 Å². The van der Waals surface area contributed by atoms with E-state index in [9.17, 15) is 0 Å². The fourth-order valence-corrected chi connectivity index (χ4v) is 2.95. The van der Waals surface area contributed by atoms with Gasteiger partial charge < -0.3 is 9.73 Å². The summed E-state index contributed by atoms with van der Waals surface area (Å²) in [6, 6.07) is 25.5. The van der Waals surface area contributed by atoms with Crippen LogP contribution in [0.4, 0.5) is 0 Å². The monoisotopic (exact) mass is 305 g/mol. The summed E-state index contributed by atoms with van der Waals surface area (Å²) in [5.74, 6) is 1.33. The lowest BCUT2D eigenvalue weighted by Gasteiger charge is -2.18. The molecule has 2 atom stereocenters. The Balaban J connectivity index is 1.64. The molecule has 23 heavy (non-hydrogen) atoms. The number of nitrogens with one attached hydrogen (secondary N) is 1. The molecule has 0 unspecified atom stereocenters. The fraction of sp³-hybridized carbons (Fsp3) is 0.238. The van der Waals surface area contributed by atoms with Crippen molar-refractivity contribution < 1.29 is 4.42 Å². The lowest BCUT2D eigenvalue weighted by atomic mass is 9.93. The third-order valence-corrected chi connectivity index (χ3v) is 4.27. The molecule has 3 rings (SSSR count). The van der Waals surface area contributed by atoms with Crippen LogP contribution in [0.15, 0.2) is 83.5 Å². The standard InChI is InChI=1S/C21H23NO/c1-17(18-9-4-2-5-10-18)22-15-14-20(21-13-8-16-23-21)19-11-6-3-7-12-19/h2-13,16-17,20,22H,14-15H2,1H3/t17-,20-/m0/s1. The minimum Gasteiger partial charge on any atom is -0.469 e. The van der Waals surface area contributed by atoms with Crippen molar-refractivity contribution in [3.05, 3.63) is 95.9 Å². The molecule has 2 heteroatoms. The number of rotatable bonds is 7. The van der Waals surface area contributed by atoms with Gasteiger partial charge in [-0.2, -0.15) is 0 Å². The Kier molecular flexibility index (Phi) is 5.28. The van der Waals surface area contributed by atoms with Crippen LogP contribution in [-0.4, -0.2) is 6.54 Å². The molecule has 1 N–H and O–H groups in total. The highest BCUT2D eigenvalue weighted by Crippen LogP contribution is 2.28. The van der Waals surface area contributed by atoms with E-state index >= 15 is 0 Å². The molecule has 0 aliphatic rings. The van der Waals surface area contributed by atoms with Crippen LogP contribution in [0, 0.1) is 0 Å². The maximum absolute atomic E-state index is 5.66. The third kappa shape index (κ3) is 4.11. The van der Waals surface area contributed by atoms with Gasteiger partial charge in [-0.25, -0.2) is 0 Å². The summed E-state index contributed by atoms with van der Waals surface area (Å²) in [6.07, 6.45) is 2.76. The van der Waals surface area contributed by atoms with Crippen molar-refractivity contribution in [1.29, 1.82) is 0 Å². The van der Waals surface area contributed by atoms with E-state index in [1.807, 2.05) is 6.07 Å². The molecule has 0 saturated heterocycles. The van der Waals surface area contributed by atoms with Crippen LogP contribution in [-0.2, 0) is 0 Å². The largest absolute Gasteiger partial charge is 0.469 e. The van der Waals surface area contributed by atoms with Crippen LogP contribution in [0.3, 0.4) is 0 Å². The van der Waals surface area contributed by atoms with Crippen LogP contribution in [0.1, 0.15) is 42.2 Å². The van der Waals surface area contributed by atoms with E-state index in [1.54, 1.807) is 6.26 Å². The molecular weight excluding hydrogens is 282 g/mol. The summed E-state index contributed by atoms with van der Waals surface area (Å²) in [4.78, 5) is 0. The van der Waals surface area contributed by atoms with E-state index in [-0.39, 0.29) is 0 Å². The van der Waals surface area contributed by atoms with Gasteiger partial charge in [0.1, 0.15) is 5.76 Å². The Morgan fingerprint density at radius 1 is 0.826 bits per heavy atom. The first-order valence-corrected chi connectivity index (χ1v) is 8.21. The predicted molar refractivity (Wildman–Crippen MR) is 94.5 cm³/mol. The molecule has 0 fully saturated rings. The van der Waals surface area contributed by atoms with E-state index in [4.69, 9.17) is 4.42 Å². The maximum atomic E-state index is 5.66. The van der Waals surface area contributed by atoms with Crippen LogP contribution >= 0.6 is 0 Å². The summed E-state index contributed by atoms with van der Waals surface area (Å²) >= 11 is 0. The average molecular weight is 305 g/mol. The minimum absolute atomic E-state index is 0.293. The van der Waals surface area contributed by atoms with Crippen LogP contribution in [0.2, 0.25) is 0 Å². The van der Waals surface area contributed by atoms with Crippen LogP contribution in [0.25, 0.3) is 0 Å². The minimum atomic E-state index is 0.293. The molecule has 2 aromatic carbocycles. The van der Waals surface area contributed by atoms with Gasteiger partial charge in [0.2, 0.25) is 0 Å². The highest BCUT2D eigenvalue weighted by atomic mass is 16.3. The first kappa shape index (κ1) is 15.6. The first-order chi connectivity index (χ1) is 11.3. The normalized spacial score (nSPS) is 13.6. The molecule has 0 aliphatic carbocycles. The number of hydrogen-bond acceptors (Lipinski definition) is 2. The fourth-order valence-electron chi connectivity index (χ4n) is 2.95. The van der Waals surface area contributed by atoms with E-state index in [1.165, 1.54) is 11.1 Å². The van der Waals surface area contributed by atoms with Gasteiger partial charge >= 0.3 is 0 Å². The molecule has 0 radical (unpaired) electrons. The number of benzene rings is 2. The molecular formula is C21H23NO. The topological polar surface area (TPSA) is 25.2 Å². The second kappa shape index (κ2) is 7.80. The van der Waals surface area contributed by atoms with Gasteiger partial charge in [-0.05, 0) is 43.1 Å². The van der Waals surface area contributed by atoms with Crippen molar-refractivity contribution in [2.24, 2.45) is 0 Å². The summed E-state index contributed by atoms with van der Waals surface area (Å²) < 4.78 is 5.66. The van der Waals surface area contributed by atoms with Gasteiger partial charge in [0, 0.05) is 12.0 Å². The summed E-state index contributed by atoms with van der Waals surface area (Å²) in [6.45, 7) is 3.15. The molecule has 2 nitrogen and oxygen atoms in total. The highest BCUT2D eigenvalue weighted by molar-refractivity contribution is 5.27. The van der Waals surface area contributed by atoms with Gasteiger partial charge in [-0.1, -0.05) is 60.7 Å². The zero-order chi connectivity index (χ0) is 15.9. The molecule has 3 aromatic rings. The van der Waals surface area contributed by atoms with E-state index < -0.39 is 0 Å². The van der Waals surface area contributed by atoms with E-state index in [0.29, 0.717) is 12.0 Å². The molecule has 0 aliphatic heterocycles. The number of hydrogen-bond donors (Lipinski definition) is 1. The Hall–Kier alpha value is -2.32. The van der Waals surface area contributed by atoms with E-state index in [2.05, 4.69) is 79.0 Å². The lowest BCUT2D eigenvalue weighted by Crippen LogP contribution is -2.21. The molecule has 0 amide bonds. The van der Waals surface area contributed by atoms with Gasteiger partial charge in [0.15, 0.2) is 0 Å². The summed E-state index contributed by atoms with van der Waals surface area (Å²) in [5, 5.41) is 3.62. The Morgan fingerprint density at radius 3 is 2.09 bits per heavy atom. The van der Waals surface area contributed by atoms with Crippen molar-refractivity contribution >= 4 is 0 Å². The maximum Gasteiger partial charge on any atom is 0.111 e. The third-order valence-electron chi connectivity index (χ3n) is 4.27. The second-order valence-electron chi connectivity index (χ2n) is 5.85. The summed E-state index contributed by atoms with van der Waals surface area (Å²) in [7, 11) is 0. The second-order valence-corrected chi connectivity index (χ2v) is 5.85. The average Bonchev–Trinajstić information content (AvgIpc) is 3.14.